The van der Waals surface area contributed by atoms with Crippen molar-refractivity contribution in [3.63, 3.8) is 0 Å². The molecule has 2 aliphatic heterocycles. The second-order valence-corrected chi connectivity index (χ2v) is 6.81. The van der Waals surface area contributed by atoms with Gasteiger partial charge in [-0.2, -0.15) is 0 Å². The number of imide groups is 1. The molecule has 27 heavy (non-hydrogen) atoms. The molecule has 1 aromatic carbocycles. The minimum Gasteiger partial charge on any atom is -0.493 e. The maximum absolute atomic E-state index is 12.7. The first-order valence-corrected chi connectivity index (χ1v) is 9.07. The Balaban J connectivity index is 1.62. The molecular formula is C19H25N3O5. The van der Waals surface area contributed by atoms with Crippen molar-refractivity contribution in [2.75, 3.05) is 33.9 Å². The number of ether oxygens (including phenoxy) is 2. The van der Waals surface area contributed by atoms with Crippen LogP contribution in [0.5, 0.6) is 11.5 Å². The van der Waals surface area contributed by atoms with E-state index >= 15 is 0 Å². The summed E-state index contributed by atoms with van der Waals surface area (Å²) in [6.07, 6.45) is 1.12. The topological polar surface area (TPSA) is 88.2 Å². The van der Waals surface area contributed by atoms with Gasteiger partial charge >= 0.3 is 6.03 Å². The zero-order valence-electron chi connectivity index (χ0n) is 15.9. The van der Waals surface area contributed by atoms with Crippen LogP contribution in [-0.4, -0.2) is 67.0 Å². The third-order valence-corrected chi connectivity index (χ3v) is 5.34. The van der Waals surface area contributed by atoms with E-state index in [1.54, 1.807) is 38.2 Å². The molecule has 4 amide bonds. The standard InChI is InChI=1S/C19H25N3O5/c1-4-22-17(24)19(20-18(22)25)7-9-21(10-8-19)16(23)12-13-5-6-14(26-2)15(11-13)27-3/h5-6,11H,4,7-10,12H2,1-3H3,(H,20,25). The SMILES string of the molecule is CCN1C(=O)NC2(CCN(C(=O)Cc3ccc(OC)c(OC)c3)CC2)C1=O. The number of likely N-dealkylation sites (N-methyl/N-ethyl adjacent to an activating group) is 1. The molecule has 1 spiro atoms. The van der Waals surface area contributed by atoms with Crippen LogP contribution >= 0.6 is 0 Å². The zero-order chi connectivity index (χ0) is 19.6. The molecule has 146 valence electrons. The van der Waals surface area contributed by atoms with Crippen molar-refractivity contribution in [3.05, 3.63) is 23.8 Å². The summed E-state index contributed by atoms with van der Waals surface area (Å²) >= 11 is 0. The van der Waals surface area contributed by atoms with Gasteiger partial charge in [0.15, 0.2) is 11.5 Å². The fourth-order valence-electron chi connectivity index (χ4n) is 3.72. The Kier molecular flexibility index (Phi) is 5.25. The Morgan fingerprint density at radius 3 is 2.37 bits per heavy atom. The average molecular weight is 375 g/mol. The molecule has 2 fully saturated rings. The van der Waals surface area contributed by atoms with Gasteiger partial charge in [-0.1, -0.05) is 6.07 Å². The zero-order valence-corrected chi connectivity index (χ0v) is 15.9. The van der Waals surface area contributed by atoms with Crippen molar-refractivity contribution in [3.8, 4) is 11.5 Å². The molecule has 8 nitrogen and oxygen atoms in total. The summed E-state index contributed by atoms with van der Waals surface area (Å²) in [6, 6.07) is 5.07. The van der Waals surface area contributed by atoms with Crippen molar-refractivity contribution in [1.82, 2.24) is 15.1 Å². The van der Waals surface area contributed by atoms with Gasteiger partial charge in [-0.3, -0.25) is 14.5 Å². The van der Waals surface area contributed by atoms with E-state index in [4.69, 9.17) is 9.47 Å². The molecule has 0 radical (unpaired) electrons. The van der Waals surface area contributed by atoms with E-state index in [0.717, 1.165) is 5.56 Å². The first-order valence-electron chi connectivity index (χ1n) is 9.07. The third-order valence-electron chi connectivity index (χ3n) is 5.34. The molecule has 0 aliphatic carbocycles. The number of likely N-dealkylation sites (tertiary alicyclic amines) is 1. The van der Waals surface area contributed by atoms with Crippen LogP contribution in [0.2, 0.25) is 0 Å². The Hall–Kier alpha value is -2.77. The molecule has 3 rings (SSSR count). The largest absolute Gasteiger partial charge is 0.493 e. The lowest BCUT2D eigenvalue weighted by molar-refractivity contribution is -0.138. The predicted molar refractivity (Wildman–Crippen MR) is 97.7 cm³/mol. The van der Waals surface area contributed by atoms with Gasteiger partial charge in [0.1, 0.15) is 5.54 Å². The van der Waals surface area contributed by atoms with Gasteiger partial charge in [-0.05, 0) is 37.5 Å². The maximum Gasteiger partial charge on any atom is 0.325 e. The number of nitrogens with zero attached hydrogens (tertiary/aromatic N) is 2. The highest BCUT2D eigenvalue weighted by Gasteiger charge is 2.52. The Morgan fingerprint density at radius 2 is 1.81 bits per heavy atom. The van der Waals surface area contributed by atoms with E-state index in [0.29, 0.717) is 44.0 Å². The molecular weight excluding hydrogens is 350 g/mol. The number of hydrogen-bond donors (Lipinski definition) is 1. The van der Waals surface area contributed by atoms with Crippen molar-refractivity contribution < 1.29 is 23.9 Å². The lowest BCUT2D eigenvalue weighted by Gasteiger charge is -2.37. The number of methoxy groups -OCH3 is 2. The normalized spacial score (nSPS) is 18.6. The highest BCUT2D eigenvalue weighted by Crippen LogP contribution is 2.31. The van der Waals surface area contributed by atoms with Crippen LogP contribution in [0.15, 0.2) is 18.2 Å². The summed E-state index contributed by atoms with van der Waals surface area (Å²) in [5.41, 5.74) is -0.0203. The molecule has 0 bridgehead atoms. The second-order valence-electron chi connectivity index (χ2n) is 6.81. The van der Waals surface area contributed by atoms with Crippen LogP contribution in [0.3, 0.4) is 0 Å². The van der Waals surface area contributed by atoms with Crippen molar-refractivity contribution in [1.29, 1.82) is 0 Å². The Bertz CT molecular complexity index is 756. The molecule has 0 unspecified atom stereocenters. The molecule has 2 heterocycles. The van der Waals surface area contributed by atoms with Crippen LogP contribution in [-0.2, 0) is 16.0 Å². The van der Waals surface area contributed by atoms with Gasteiger partial charge in [0.05, 0.1) is 20.6 Å². The van der Waals surface area contributed by atoms with E-state index in [1.165, 1.54) is 4.90 Å². The summed E-state index contributed by atoms with van der Waals surface area (Å²) in [6.45, 7) is 3.01. The third kappa shape index (κ3) is 3.43. The lowest BCUT2D eigenvalue weighted by Crippen LogP contribution is -2.56. The van der Waals surface area contributed by atoms with Crippen LogP contribution in [0.4, 0.5) is 4.79 Å². The fraction of sp³-hybridized carbons (Fsp3) is 0.526. The quantitative estimate of drug-likeness (QED) is 0.781. The summed E-state index contributed by atoms with van der Waals surface area (Å²) in [4.78, 5) is 40.1. The summed E-state index contributed by atoms with van der Waals surface area (Å²) in [5.74, 6) is 1.01. The Morgan fingerprint density at radius 1 is 1.15 bits per heavy atom. The van der Waals surface area contributed by atoms with E-state index in [1.807, 2.05) is 6.07 Å². The van der Waals surface area contributed by atoms with E-state index < -0.39 is 5.54 Å². The molecule has 0 aromatic heterocycles. The smallest absolute Gasteiger partial charge is 0.325 e. The number of carbonyl (C=O) groups is 3. The molecule has 2 saturated heterocycles. The maximum atomic E-state index is 12.7. The van der Waals surface area contributed by atoms with Crippen molar-refractivity contribution >= 4 is 17.8 Å². The Labute approximate surface area is 158 Å². The van der Waals surface area contributed by atoms with Gasteiger partial charge in [0.25, 0.3) is 5.91 Å². The molecule has 8 heteroatoms. The number of piperidine rings is 1. The molecule has 0 atom stereocenters. The second kappa shape index (κ2) is 7.46. The highest BCUT2D eigenvalue weighted by molar-refractivity contribution is 6.07. The highest BCUT2D eigenvalue weighted by atomic mass is 16.5. The van der Waals surface area contributed by atoms with Gasteiger partial charge in [-0.15, -0.1) is 0 Å². The monoisotopic (exact) mass is 375 g/mol. The predicted octanol–water partition coefficient (Wildman–Crippen LogP) is 1.18. The number of nitrogens with one attached hydrogen (secondary N) is 1. The van der Waals surface area contributed by atoms with E-state index in [-0.39, 0.29) is 24.3 Å². The summed E-state index contributed by atoms with van der Waals surface area (Å²) in [7, 11) is 3.12. The number of benzene rings is 1. The van der Waals surface area contributed by atoms with Crippen LogP contribution in [0.1, 0.15) is 25.3 Å². The van der Waals surface area contributed by atoms with Crippen LogP contribution < -0.4 is 14.8 Å². The van der Waals surface area contributed by atoms with Gasteiger partial charge < -0.3 is 19.7 Å². The van der Waals surface area contributed by atoms with E-state index in [2.05, 4.69) is 5.32 Å². The summed E-state index contributed by atoms with van der Waals surface area (Å²) < 4.78 is 10.5. The number of urea groups is 1. The first-order chi connectivity index (χ1) is 12.9. The minimum absolute atomic E-state index is 0.0128. The van der Waals surface area contributed by atoms with E-state index in [9.17, 15) is 14.4 Å². The average Bonchev–Trinajstić information content (AvgIpc) is 2.91. The number of carbonyl (C=O) groups excluding carboxylic acids is 3. The molecule has 1 N–H and O–H groups in total. The minimum atomic E-state index is -0.854. The number of amides is 4. The van der Waals surface area contributed by atoms with Crippen molar-refractivity contribution in [2.45, 2.75) is 31.7 Å². The summed E-state index contributed by atoms with van der Waals surface area (Å²) in [5, 5.41) is 2.83. The molecule has 0 saturated carbocycles. The van der Waals surface area contributed by atoms with Gasteiger partial charge in [0.2, 0.25) is 5.91 Å². The number of rotatable bonds is 5. The molecule has 2 aliphatic rings. The van der Waals surface area contributed by atoms with Crippen molar-refractivity contribution in [2.24, 2.45) is 0 Å². The molecule has 1 aromatic rings. The first kappa shape index (κ1) is 19.0. The van der Waals surface area contributed by atoms with Crippen LogP contribution in [0, 0.1) is 0 Å². The number of hydrogen-bond acceptors (Lipinski definition) is 5. The lowest BCUT2D eigenvalue weighted by atomic mass is 9.87. The van der Waals surface area contributed by atoms with Gasteiger partial charge in [-0.25, -0.2) is 4.79 Å². The van der Waals surface area contributed by atoms with Gasteiger partial charge in [0, 0.05) is 19.6 Å². The fourth-order valence-corrected chi connectivity index (χ4v) is 3.72. The van der Waals surface area contributed by atoms with Crippen LogP contribution in [0.25, 0.3) is 0 Å².